The summed E-state index contributed by atoms with van der Waals surface area (Å²) in [4.78, 5) is 19.6. The molecule has 17 heavy (non-hydrogen) atoms. The topological polar surface area (TPSA) is 78.1 Å². The minimum atomic E-state index is -0.696. The summed E-state index contributed by atoms with van der Waals surface area (Å²) < 4.78 is 4.59. The smallest absolute Gasteiger partial charge is 0.323 e. The molecule has 5 heteroatoms. The van der Waals surface area contributed by atoms with Crippen molar-refractivity contribution in [3.05, 3.63) is 36.3 Å². The fourth-order valence-corrected chi connectivity index (χ4v) is 1.67. The summed E-state index contributed by atoms with van der Waals surface area (Å²) in [6.07, 6.45) is 1.82. The molecule has 1 heterocycles. The molecule has 0 fully saturated rings. The molecular formula is C12H13N3O2. The molecule has 0 aliphatic heterocycles. The zero-order chi connectivity index (χ0) is 12.3. The van der Waals surface area contributed by atoms with Gasteiger partial charge in [-0.25, -0.2) is 9.97 Å². The van der Waals surface area contributed by atoms with Crippen LogP contribution in [0, 0.1) is 0 Å². The number of rotatable bonds is 3. The number of benzene rings is 1. The second-order valence-electron chi connectivity index (χ2n) is 3.67. The summed E-state index contributed by atoms with van der Waals surface area (Å²) >= 11 is 0. The lowest BCUT2D eigenvalue weighted by Crippen LogP contribution is -2.34. The van der Waals surface area contributed by atoms with Crippen LogP contribution in [-0.2, 0) is 16.0 Å². The Labute approximate surface area is 98.6 Å². The van der Waals surface area contributed by atoms with Crippen LogP contribution in [0.4, 0.5) is 0 Å². The number of esters is 1. The summed E-state index contributed by atoms with van der Waals surface area (Å²) in [6, 6.07) is 6.91. The highest BCUT2D eigenvalue weighted by molar-refractivity contribution is 5.82. The maximum absolute atomic E-state index is 11.3. The Balaban J connectivity index is 2.33. The van der Waals surface area contributed by atoms with E-state index in [1.807, 2.05) is 24.3 Å². The second kappa shape index (κ2) is 4.88. The number of carbonyl (C=O) groups is 1. The average molecular weight is 231 g/mol. The van der Waals surface area contributed by atoms with Crippen molar-refractivity contribution in [2.45, 2.75) is 12.5 Å². The van der Waals surface area contributed by atoms with Gasteiger partial charge in [0.15, 0.2) is 0 Å². The number of carbonyl (C=O) groups excluding carboxylic acids is 1. The Hall–Kier alpha value is -2.01. The number of para-hydroxylation sites is 1. The number of hydrogen-bond acceptors (Lipinski definition) is 5. The van der Waals surface area contributed by atoms with Crippen LogP contribution >= 0.6 is 0 Å². The van der Waals surface area contributed by atoms with Crippen molar-refractivity contribution >= 4 is 16.9 Å². The molecule has 0 aliphatic rings. The molecule has 5 nitrogen and oxygen atoms in total. The zero-order valence-corrected chi connectivity index (χ0v) is 9.46. The van der Waals surface area contributed by atoms with Crippen molar-refractivity contribution in [1.82, 2.24) is 9.97 Å². The maximum atomic E-state index is 11.3. The van der Waals surface area contributed by atoms with E-state index < -0.39 is 12.0 Å². The van der Waals surface area contributed by atoms with Gasteiger partial charge in [0, 0.05) is 11.8 Å². The average Bonchev–Trinajstić information content (AvgIpc) is 2.38. The van der Waals surface area contributed by atoms with Crippen LogP contribution in [0.3, 0.4) is 0 Å². The molecule has 2 N–H and O–H groups in total. The monoisotopic (exact) mass is 231 g/mol. The Morgan fingerprint density at radius 2 is 2.18 bits per heavy atom. The van der Waals surface area contributed by atoms with Gasteiger partial charge in [0.25, 0.3) is 0 Å². The lowest BCUT2D eigenvalue weighted by atomic mass is 10.1. The highest BCUT2D eigenvalue weighted by atomic mass is 16.5. The van der Waals surface area contributed by atoms with Gasteiger partial charge in [0.1, 0.15) is 12.4 Å². The first-order chi connectivity index (χ1) is 8.22. The van der Waals surface area contributed by atoms with Gasteiger partial charge in [-0.2, -0.15) is 0 Å². The molecule has 2 rings (SSSR count). The van der Waals surface area contributed by atoms with Crippen LogP contribution in [0.1, 0.15) is 5.69 Å². The van der Waals surface area contributed by atoms with E-state index in [1.54, 1.807) is 0 Å². The van der Waals surface area contributed by atoms with Gasteiger partial charge in [-0.05, 0) is 6.07 Å². The van der Waals surface area contributed by atoms with Crippen molar-refractivity contribution in [3.8, 4) is 0 Å². The number of nitrogens with zero attached hydrogens (tertiary/aromatic N) is 2. The second-order valence-corrected chi connectivity index (χ2v) is 3.67. The standard InChI is InChI=1S/C12H13N3O2/c1-17-12(16)9(13)6-11-8-4-2-3-5-10(8)14-7-15-11/h2-5,7,9H,6,13H2,1H3/t9-/m0/s1. The molecule has 0 radical (unpaired) electrons. The van der Waals surface area contributed by atoms with Crippen LogP contribution in [0.25, 0.3) is 10.9 Å². The van der Waals surface area contributed by atoms with E-state index in [2.05, 4.69) is 14.7 Å². The first kappa shape index (κ1) is 11.5. The number of ether oxygens (including phenoxy) is 1. The fourth-order valence-electron chi connectivity index (χ4n) is 1.67. The molecule has 0 saturated heterocycles. The molecule has 0 unspecified atom stereocenters. The molecule has 1 atom stereocenters. The predicted molar refractivity (Wildman–Crippen MR) is 63.2 cm³/mol. The van der Waals surface area contributed by atoms with Crippen LogP contribution in [0.2, 0.25) is 0 Å². The Bertz CT molecular complexity index is 537. The van der Waals surface area contributed by atoms with Gasteiger partial charge in [0.05, 0.1) is 18.3 Å². The minimum Gasteiger partial charge on any atom is -0.468 e. The molecule has 0 bridgehead atoms. The number of hydrogen-bond donors (Lipinski definition) is 1. The van der Waals surface area contributed by atoms with E-state index >= 15 is 0 Å². The van der Waals surface area contributed by atoms with Gasteiger partial charge in [0.2, 0.25) is 0 Å². The maximum Gasteiger partial charge on any atom is 0.323 e. The number of nitrogens with two attached hydrogens (primary N) is 1. The molecule has 0 aliphatic carbocycles. The largest absolute Gasteiger partial charge is 0.468 e. The van der Waals surface area contributed by atoms with E-state index in [0.29, 0.717) is 6.42 Å². The van der Waals surface area contributed by atoms with E-state index in [-0.39, 0.29) is 0 Å². The third-order valence-electron chi connectivity index (χ3n) is 2.54. The van der Waals surface area contributed by atoms with Crippen LogP contribution < -0.4 is 5.73 Å². The van der Waals surface area contributed by atoms with E-state index in [0.717, 1.165) is 16.6 Å². The van der Waals surface area contributed by atoms with Crippen molar-refractivity contribution < 1.29 is 9.53 Å². The molecule has 88 valence electrons. The number of methoxy groups -OCH3 is 1. The molecule has 0 saturated carbocycles. The molecule has 2 aromatic rings. The molecular weight excluding hydrogens is 218 g/mol. The van der Waals surface area contributed by atoms with Crippen LogP contribution in [0.15, 0.2) is 30.6 Å². The van der Waals surface area contributed by atoms with Crippen molar-refractivity contribution in [2.24, 2.45) is 5.73 Å². The van der Waals surface area contributed by atoms with E-state index in [4.69, 9.17) is 5.73 Å². The van der Waals surface area contributed by atoms with Gasteiger partial charge in [-0.15, -0.1) is 0 Å². The fraction of sp³-hybridized carbons (Fsp3) is 0.250. The van der Waals surface area contributed by atoms with Gasteiger partial charge in [-0.1, -0.05) is 18.2 Å². The Morgan fingerprint density at radius 3 is 2.94 bits per heavy atom. The minimum absolute atomic E-state index is 0.343. The number of aromatic nitrogens is 2. The van der Waals surface area contributed by atoms with Crippen LogP contribution in [0.5, 0.6) is 0 Å². The summed E-state index contributed by atoms with van der Waals surface area (Å²) in [7, 11) is 1.32. The molecule has 0 spiro atoms. The summed E-state index contributed by atoms with van der Waals surface area (Å²) in [5.74, 6) is -0.437. The summed E-state index contributed by atoms with van der Waals surface area (Å²) in [5, 5.41) is 0.911. The number of fused-ring (bicyclic) bond motifs is 1. The molecule has 1 aromatic heterocycles. The van der Waals surface area contributed by atoms with Gasteiger partial charge in [-0.3, -0.25) is 4.79 Å². The van der Waals surface area contributed by atoms with Crippen LogP contribution in [-0.4, -0.2) is 29.1 Å². The molecule has 1 aromatic carbocycles. The van der Waals surface area contributed by atoms with Crippen molar-refractivity contribution in [3.63, 3.8) is 0 Å². The SMILES string of the molecule is COC(=O)[C@@H](N)Cc1ncnc2ccccc12. The van der Waals surface area contributed by atoms with Gasteiger partial charge < -0.3 is 10.5 Å². The summed E-state index contributed by atoms with van der Waals surface area (Å²) in [5.41, 5.74) is 7.32. The van der Waals surface area contributed by atoms with Crippen molar-refractivity contribution in [2.75, 3.05) is 7.11 Å². The third kappa shape index (κ3) is 2.39. The zero-order valence-electron chi connectivity index (χ0n) is 9.46. The first-order valence-corrected chi connectivity index (χ1v) is 5.24. The normalized spacial score (nSPS) is 12.4. The molecule has 0 amide bonds. The van der Waals surface area contributed by atoms with Crippen molar-refractivity contribution in [1.29, 1.82) is 0 Å². The van der Waals surface area contributed by atoms with E-state index in [1.165, 1.54) is 13.4 Å². The summed E-state index contributed by atoms with van der Waals surface area (Å²) in [6.45, 7) is 0. The third-order valence-corrected chi connectivity index (χ3v) is 2.54. The van der Waals surface area contributed by atoms with Gasteiger partial charge >= 0.3 is 5.97 Å². The van der Waals surface area contributed by atoms with E-state index in [9.17, 15) is 4.79 Å². The lowest BCUT2D eigenvalue weighted by molar-refractivity contribution is -0.142. The Morgan fingerprint density at radius 1 is 1.41 bits per heavy atom. The first-order valence-electron chi connectivity index (χ1n) is 5.24. The predicted octanol–water partition coefficient (Wildman–Crippen LogP) is 0.673. The Kier molecular flexibility index (Phi) is 3.30. The lowest BCUT2D eigenvalue weighted by Gasteiger charge is -2.09. The highest BCUT2D eigenvalue weighted by Gasteiger charge is 2.16. The highest BCUT2D eigenvalue weighted by Crippen LogP contribution is 2.15. The quantitative estimate of drug-likeness (QED) is 0.785.